The second kappa shape index (κ2) is 4.49. The number of carboxylic acids is 1. The molecular weight excluding hydrogens is 248 g/mol. The fourth-order valence-corrected chi connectivity index (χ4v) is 2.67. The lowest BCUT2D eigenvalue weighted by atomic mass is 10.1. The summed E-state index contributed by atoms with van der Waals surface area (Å²) in [5.74, 6) is -0.175. The van der Waals surface area contributed by atoms with Gasteiger partial charge in [-0.25, -0.2) is 14.8 Å². The zero-order valence-electron chi connectivity index (χ0n) is 10.3. The Balaban J connectivity index is 1.73. The summed E-state index contributed by atoms with van der Waals surface area (Å²) in [7, 11) is 0. The molecule has 1 N–H and O–H groups in total. The number of hydrogen-bond acceptors (Lipinski definition) is 5. The Morgan fingerprint density at radius 1 is 1.32 bits per heavy atom. The third-order valence-corrected chi connectivity index (χ3v) is 3.68. The van der Waals surface area contributed by atoms with E-state index in [0.29, 0.717) is 25.3 Å². The number of amides is 1. The number of aromatic carboxylic acids is 1. The molecule has 2 fully saturated rings. The number of anilines is 1. The van der Waals surface area contributed by atoms with Gasteiger partial charge in [-0.1, -0.05) is 0 Å². The molecule has 7 heteroatoms. The number of carbonyl (C=O) groups excluding carboxylic acids is 1. The highest BCUT2D eigenvalue weighted by Crippen LogP contribution is 2.24. The third kappa shape index (κ3) is 2.11. The number of carbonyl (C=O) groups is 2. The van der Waals surface area contributed by atoms with Gasteiger partial charge in [0.05, 0.1) is 12.4 Å². The second-order valence-electron chi connectivity index (χ2n) is 4.79. The monoisotopic (exact) mass is 262 g/mol. The molecule has 7 nitrogen and oxygen atoms in total. The van der Waals surface area contributed by atoms with Crippen molar-refractivity contribution in [2.75, 3.05) is 24.5 Å². The number of rotatable bonds is 2. The number of carboxylic acid groups (broad SMARTS) is 1. The molecule has 0 saturated carbocycles. The molecule has 2 saturated heterocycles. The van der Waals surface area contributed by atoms with Crippen molar-refractivity contribution >= 4 is 17.7 Å². The van der Waals surface area contributed by atoms with Crippen LogP contribution in [-0.4, -0.2) is 57.5 Å². The standard InChI is InChI=1S/C12H14N4O3/c17-11-2-1-8-7-15(3-4-16(8)11)10-6-13-9(5-14-10)12(18)19/h5-6,8H,1-4,7H2,(H,18,19). The van der Waals surface area contributed by atoms with E-state index >= 15 is 0 Å². The highest BCUT2D eigenvalue weighted by Gasteiger charge is 2.35. The molecule has 19 heavy (non-hydrogen) atoms. The maximum atomic E-state index is 11.6. The summed E-state index contributed by atoms with van der Waals surface area (Å²) in [6.45, 7) is 2.15. The highest BCUT2D eigenvalue weighted by molar-refractivity contribution is 5.85. The van der Waals surface area contributed by atoms with Crippen LogP contribution in [0.25, 0.3) is 0 Å². The van der Waals surface area contributed by atoms with E-state index in [-0.39, 0.29) is 17.6 Å². The van der Waals surface area contributed by atoms with Gasteiger partial charge in [0.15, 0.2) is 5.69 Å². The van der Waals surface area contributed by atoms with Crippen LogP contribution in [0.2, 0.25) is 0 Å². The van der Waals surface area contributed by atoms with Gasteiger partial charge < -0.3 is 14.9 Å². The Labute approximate surface area is 109 Å². The Morgan fingerprint density at radius 3 is 2.84 bits per heavy atom. The Morgan fingerprint density at radius 2 is 2.16 bits per heavy atom. The first-order valence-corrected chi connectivity index (χ1v) is 6.25. The van der Waals surface area contributed by atoms with Gasteiger partial charge in [0.1, 0.15) is 5.82 Å². The van der Waals surface area contributed by atoms with Crippen molar-refractivity contribution in [3.8, 4) is 0 Å². The summed E-state index contributed by atoms with van der Waals surface area (Å²) in [4.78, 5) is 34.3. The Bertz CT molecular complexity index is 516. The van der Waals surface area contributed by atoms with Crippen LogP contribution in [0.3, 0.4) is 0 Å². The maximum Gasteiger partial charge on any atom is 0.356 e. The van der Waals surface area contributed by atoms with Crippen LogP contribution in [0.4, 0.5) is 5.82 Å². The summed E-state index contributed by atoms with van der Waals surface area (Å²) in [5, 5.41) is 8.78. The van der Waals surface area contributed by atoms with E-state index in [2.05, 4.69) is 14.9 Å². The van der Waals surface area contributed by atoms with Crippen molar-refractivity contribution in [2.24, 2.45) is 0 Å². The number of fused-ring (bicyclic) bond motifs is 1. The number of piperazine rings is 1. The van der Waals surface area contributed by atoms with E-state index in [1.807, 2.05) is 4.90 Å². The van der Waals surface area contributed by atoms with E-state index < -0.39 is 5.97 Å². The molecule has 1 atom stereocenters. The minimum Gasteiger partial charge on any atom is -0.476 e. The van der Waals surface area contributed by atoms with Gasteiger partial charge >= 0.3 is 5.97 Å². The molecule has 3 rings (SSSR count). The van der Waals surface area contributed by atoms with Gasteiger partial charge in [0.25, 0.3) is 0 Å². The van der Waals surface area contributed by atoms with E-state index in [4.69, 9.17) is 5.11 Å². The summed E-state index contributed by atoms with van der Waals surface area (Å²) < 4.78 is 0. The average Bonchev–Trinajstić information content (AvgIpc) is 2.80. The van der Waals surface area contributed by atoms with Crippen LogP contribution >= 0.6 is 0 Å². The minimum atomic E-state index is -1.08. The fraction of sp³-hybridized carbons (Fsp3) is 0.500. The smallest absolute Gasteiger partial charge is 0.356 e. The Kier molecular flexibility index (Phi) is 2.81. The average molecular weight is 262 g/mol. The molecule has 0 radical (unpaired) electrons. The summed E-state index contributed by atoms with van der Waals surface area (Å²) in [5.41, 5.74) is -0.0570. The number of nitrogens with zero attached hydrogens (tertiary/aromatic N) is 4. The molecule has 0 aromatic carbocycles. The lowest BCUT2D eigenvalue weighted by Gasteiger charge is -2.37. The van der Waals surface area contributed by atoms with Crippen LogP contribution in [0.15, 0.2) is 12.4 Å². The van der Waals surface area contributed by atoms with Crippen LogP contribution in [0, 0.1) is 0 Å². The predicted octanol–water partition coefficient (Wildman–Crippen LogP) is -0.0142. The molecule has 2 aliphatic heterocycles. The third-order valence-electron chi connectivity index (χ3n) is 3.68. The van der Waals surface area contributed by atoms with Crippen LogP contribution in [-0.2, 0) is 4.79 Å². The first kappa shape index (κ1) is 11.9. The summed E-state index contributed by atoms with van der Waals surface area (Å²) >= 11 is 0. The molecule has 3 heterocycles. The molecule has 100 valence electrons. The molecule has 1 amide bonds. The van der Waals surface area contributed by atoms with E-state index in [1.165, 1.54) is 12.4 Å². The summed E-state index contributed by atoms with van der Waals surface area (Å²) in [6, 6.07) is 0.252. The van der Waals surface area contributed by atoms with Crippen molar-refractivity contribution in [1.82, 2.24) is 14.9 Å². The van der Waals surface area contributed by atoms with Gasteiger partial charge in [-0.15, -0.1) is 0 Å². The Hall–Kier alpha value is -2.18. The molecule has 1 aromatic heterocycles. The lowest BCUT2D eigenvalue weighted by Crippen LogP contribution is -2.51. The van der Waals surface area contributed by atoms with E-state index in [1.54, 1.807) is 0 Å². The van der Waals surface area contributed by atoms with Gasteiger partial charge in [-0.3, -0.25) is 4.79 Å². The van der Waals surface area contributed by atoms with Gasteiger partial charge in [0.2, 0.25) is 5.91 Å². The second-order valence-corrected chi connectivity index (χ2v) is 4.79. The van der Waals surface area contributed by atoms with Gasteiger partial charge in [0, 0.05) is 32.1 Å². The zero-order chi connectivity index (χ0) is 13.4. The van der Waals surface area contributed by atoms with Crippen molar-refractivity contribution in [2.45, 2.75) is 18.9 Å². The topological polar surface area (TPSA) is 86.6 Å². The van der Waals surface area contributed by atoms with Crippen molar-refractivity contribution in [3.63, 3.8) is 0 Å². The molecule has 1 unspecified atom stereocenters. The number of aromatic nitrogens is 2. The van der Waals surface area contributed by atoms with Crippen molar-refractivity contribution < 1.29 is 14.7 Å². The normalized spacial score (nSPS) is 22.5. The highest BCUT2D eigenvalue weighted by atomic mass is 16.4. The predicted molar refractivity (Wildman–Crippen MR) is 65.9 cm³/mol. The molecule has 0 spiro atoms. The fourth-order valence-electron chi connectivity index (χ4n) is 2.67. The molecule has 0 aliphatic carbocycles. The van der Waals surface area contributed by atoms with Crippen molar-refractivity contribution in [3.05, 3.63) is 18.1 Å². The number of hydrogen-bond donors (Lipinski definition) is 1. The van der Waals surface area contributed by atoms with Crippen molar-refractivity contribution in [1.29, 1.82) is 0 Å². The lowest BCUT2D eigenvalue weighted by molar-refractivity contribution is -0.129. The van der Waals surface area contributed by atoms with Gasteiger partial charge in [-0.05, 0) is 6.42 Å². The maximum absolute atomic E-state index is 11.6. The largest absolute Gasteiger partial charge is 0.476 e. The zero-order valence-corrected chi connectivity index (χ0v) is 10.3. The molecule has 2 aliphatic rings. The van der Waals surface area contributed by atoms with E-state index in [0.717, 1.165) is 13.0 Å². The van der Waals surface area contributed by atoms with Crippen LogP contribution < -0.4 is 4.90 Å². The van der Waals surface area contributed by atoms with E-state index in [9.17, 15) is 9.59 Å². The summed E-state index contributed by atoms with van der Waals surface area (Å²) in [6.07, 6.45) is 4.26. The van der Waals surface area contributed by atoms with Crippen LogP contribution in [0.1, 0.15) is 23.3 Å². The van der Waals surface area contributed by atoms with Gasteiger partial charge in [-0.2, -0.15) is 0 Å². The molecule has 0 bridgehead atoms. The SMILES string of the molecule is O=C(O)c1cnc(N2CCN3C(=O)CCC3C2)cn1. The first-order chi connectivity index (χ1) is 9.15. The van der Waals surface area contributed by atoms with Crippen LogP contribution in [0.5, 0.6) is 0 Å². The minimum absolute atomic E-state index is 0.0570. The first-order valence-electron chi connectivity index (χ1n) is 6.25. The molecular formula is C12H14N4O3. The molecule has 1 aromatic rings. The quantitative estimate of drug-likeness (QED) is 0.806.